The van der Waals surface area contributed by atoms with E-state index in [0.717, 1.165) is 51.7 Å². The molecule has 1 saturated carbocycles. The molecule has 4 aromatic rings. The van der Waals surface area contributed by atoms with Gasteiger partial charge in [-0.25, -0.2) is 23.4 Å². The van der Waals surface area contributed by atoms with Crippen molar-refractivity contribution in [1.29, 1.82) is 0 Å². The number of aryl methyl sites for hydroxylation is 1. The van der Waals surface area contributed by atoms with E-state index in [9.17, 15) is 8.42 Å². The Morgan fingerprint density at radius 2 is 1.68 bits per heavy atom. The molecule has 34 heavy (non-hydrogen) atoms. The summed E-state index contributed by atoms with van der Waals surface area (Å²) >= 11 is 0. The lowest BCUT2D eigenvalue weighted by Gasteiger charge is -2.13. The van der Waals surface area contributed by atoms with E-state index < -0.39 is 10.0 Å². The van der Waals surface area contributed by atoms with Gasteiger partial charge in [0.15, 0.2) is 5.75 Å². The van der Waals surface area contributed by atoms with Gasteiger partial charge in [-0.05, 0) is 61.2 Å². The maximum Gasteiger partial charge on any atom is 0.256 e. The number of sulfonamides is 1. The van der Waals surface area contributed by atoms with Gasteiger partial charge in [0.1, 0.15) is 6.33 Å². The number of rotatable bonds is 7. The first-order chi connectivity index (χ1) is 16.4. The van der Waals surface area contributed by atoms with Gasteiger partial charge in [0.25, 0.3) is 5.88 Å². The third kappa shape index (κ3) is 4.14. The lowest BCUT2D eigenvalue weighted by molar-refractivity contribution is 0.343. The van der Waals surface area contributed by atoms with Crippen LogP contribution in [0.25, 0.3) is 33.2 Å². The van der Waals surface area contributed by atoms with Crippen molar-refractivity contribution < 1.29 is 17.9 Å². The van der Waals surface area contributed by atoms with E-state index >= 15 is 0 Å². The second-order valence-corrected chi connectivity index (χ2v) is 10.2. The Morgan fingerprint density at radius 3 is 2.35 bits per heavy atom. The van der Waals surface area contributed by atoms with E-state index in [1.165, 1.54) is 0 Å². The van der Waals surface area contributed by atoms with Gasteiger partial charge in [-0.3, -0.25) is 4.72 Å². The molecule has 174 valence electrons. The van der Waals surface area contributed by atoms with E-state index in [-0.39, 0.29) is 5.25 Å². The van der Waals surface area contributed by atoms with Crippen LogP contribution in [0.3, 0.4) is 0 Å². The number of fused-ring (bicyclic) bond motifs is 1. The molecule has 0 spiro atoms. The molecule has 0 aliphatic heterocycles. The summed E-state index contributed by atoms with van der Waals surface area (Å²) in [6.45, 7) is 1.94. The van der Waals surface area contributed by atoms with E-state index in [1.807, 2.05) is 37.3 Å². The van der Waals surface area contributed by atoms with Crippen molar-refractivity contribution in [2.45, 2.75) is 25.0 Å². The average molecular weight is 477 g/mol. The average Bonchev–Trinajstić information content (AvgIpc) is 3.70. The standard InChI is InChI=1S/C25H24N4O4S/c1-15-21-10-17(18-12-23(32-2)25(33-3)26-13-18)11-22(24(21)28-14-27-15)16-4-6-19(7-5-16)29-34(30,31)20-8-9-20/h4-7,10-14,20,29H,8-9H2,1-3H3. The van der Waals surface area contributed by atoms with Gasteiger partial charge in [-0.1, -0.05) is 12.1 Å². The van der Waals surface area contributed by atoms with E-state index in [4.69, 9.17) is 9.47 Å². The molecule has 1 fully saturated rings. The van der Waals surface area contributed by atoms with Crippen LogP contribution in [0.15, 0.2) is 55.0 Å². The third-order valence-corrected chi connectivity index (χ3v) is 7.79. The Kier molecular flexibility index (Phi) is 5.57. The molecule has 2 aromatic heterocycles. The number of methoxy groups -OCH3 is 2. The summed E-state index contributed by atoms with van der Waals surface area (Å²) in [4.78, 5) is 13.3. The number of hydrogen-bond acceptors (Lipinski definition) is 7. The highest BCUT2D eigenvalue weighted by Crippen LogP contribution is 2.37. The van der Waals surface area contributed by atoms with Gasteiger partial charge in [0.05, 0.1) is 25.0 Å². The van der Waals surface area contributed by atoms with Crippen LogP contribution in [0.5, 0.6) is 11.6 Å². The molecule has 9 heteroatoms. The molecule has 0 radical (unpaired) electrons. The van der Waals surface area contributed by atoms with Crippen molar-refractivity contribution in [3.8, 4) is 33.9 Å². The van der Waals surface area contributed by atoms with Crippen LogP contribution in [0.2, 0.25) is 0 Å². The van der Waals surface area contributed by atoms with Crippen molar-refractivity contribution in [3.63, 3.8) is 0 Å². The normalized spacial score (nSPS) is 13.6. The smallest absolute Gasteiger partial charge is 0.256 e. The van der Waals surface area contributed by atoms with Crippen LogP contribution in [0.1, 0.15) is 18.5 Å². The Labute approximate surface area is 198 Å². The Balaban J connectivity index is 1.60. The summed E-state index contributed by atoms with van der Waals surface area (Å²) in [5, 5.41) is 0.644. The van der Waals surface area contributed by atoms with Gasteiger partial charge in [0, 0.05) is 34.1 Å². The number of benzene rings is 2. The highest BCUT2D eigenvalue weighted by Gasteiger charge is 2.35. The van der Waals surface area contributed by atoms with E-state index in [0.29, 0.717) is 17.3 Å². The molecule has 8 nitrogen and oxygen atoms in total. The largest absolute Gasteiger partial charge is 0.491 e. The first kappa shape index (κ1) is 22.1. The minimum atomic E-state index is -3.31. The Morgan fingerprint density at radius 1 is 0.912 bits per heavy atom. The fraction of sp³-hybridized carbons (Fsp3) is 0.240. The van der Waals surface area contributed by atoms with Crippen LogP contribution in [-0.2, 0) is 10.0 Å². The van der Waals surface area contributed by atoms with Crippen molar-refractivity contribution in [2.75, 3.05) is 18.9 Å². The number of ether oxygens (including phenoxy) is 2. The number of nitrogens with one attached hydrogen (secondary N) is 1. The zero-order valence-electron chi connectivity index (χ0n) is 19.1. The molecule has 0 amide bonds. The van der Waals surface area contributed by atoms with Gasteiger partial charge >= 0.3 is 0 Å². The summed E-state index contributed by atoms with van der Waals surface area (Å²) in [6, 6.07) is 13.3. The number of nitrogens with zero attached hydrogens (tertiary/aromatic N) is 3. The summed E-state index contributed by atoms with van der Waals surface area (Å²) in [5.74, 6) is 0.950. The summed E-state index contributed by atoms with van der Waals surface area (Å²) in [6.07, 6.45) is 4.73. The van der Waals surface area contributed by atoms with E-state index in [2.05, 4.69) is 19.7 Å². The van der Waals surface area contributed by atoms with Crippen molar-refractivity contribution in [1.82, 2.24) is 15.0 Å². The second kappa shape index (κ2) is 8.57. The molecule has 0 atom stereocenters. The van der Waals surface area contributed by atoms with Crippen LogP contribution in [0.4, 0.5) is 5.69 Å². The van der Waals surface area contributed by atoms with Gasteiger partial charge in [-0.2, -0.15) is 0 Å². The molecule has 0 unspecified atom stereocenters. The maximum absolute atomic E-state index is 12.3. The molecule has 5 rings (SSSR count). The SMILES string of the molecule is COc1cc(-c2cc(-c3ccc(NS(=O)(=O)C4CC4)cc3)c3ncnc(C)c3c2)cnc1OC. The molecule has 1 aliphatic rings. The number of pyridine rings is 1. The van der Waals surface area contributed by atoms with Gasteiger partial charge < -0.3 is 9.47 Å². The third-order valence-electron chi connectivity index (χ3n) is 5.92. The molecule has 2 aromatic carbocycles. The first-order valence-electron chi connectivity index (χ1n) is 10.9. The second-order valence-electron chi connectivity index (χ2n) is 8.24. The minimum absolute atomic E-state index is 0.275. The van der Waals surface area contributed by atoms with E-state index in [1.54, 1.807) is 38.9 Å². The lowest BCUT2D eigenvalue weighted by Crippen LogP contribution is -2.17. The molecule has 2 heterocycles. The number of aromatic nitrogens is 3. The fourth-order valence-electron chi connectivity index (χ4n) is 3.91. The summed E-state index contributed by atoms with van der Waals surface area (Å²) in [5.41, 5.74) is 5.82. The predicted octanol–water partition coefficient (Wildman–Crippen LogP) is 4.59. The van der Waals surface area contributed by atoms with Crippen LogP contribution in [0, 0.1) is 6.92 Å². The Bertz CT molecular complexity index is 1480. The first-order valence-corrected chi connectivity index (χ1v) is 12.4. The monoisotopic (exact) mass is 476 g/mol. The predicted molar refractivity (Wildman–Crippen MR) is 132 cm³/mol. The van der Waals surface area contributed by atoms with Gasteiger partial charge in [0.2, 0.25) is 10.0 Å². The maximum atomic E-state index is 12.3. The van der Waals surface area contributed by atoms with Gasteiger partial charge in [-0.15, -0.1) is 0 Å². The highest BCUT2D eigenvalue weighted by atomic mass is 32.2. The highest BCUT2D eigenvalue weighted by molar-refractivity contribution is 7.93. The van der Waals surface area contributed by atoms with Crippen LogP contribution in [-0.4, -0.2) is 42.8 Å². The fourth-order valence-corrected chi connectivity index (χ4v) is 5.30. The van der Waals surface area contributed by atoms with Crippen LogP contribution >= 0.6 is 0 Å². The summed E-state index contributed by atoms with van der Waals surface area (Å²) in [7, 11) is -0.188. The van der Waals surface area contributed by atoms with Crippen LogP contribution < -0.4 is 14.2 Å². The molecule has 0 bridgehead atoms. The molecular weight excluding hydrogens is 452 g/mol. The number of hydrogen-bond donors (Lipinski definition) is 1. The van der Waals surface area contributed by atoms with Crippen molar-refractivity contribution >= 4 is 26.6 Å². The Hall–Kier alpha value is -3.72. The lowest BCUT2D eigenvalue weighted by atomic mass is 9.95. The zero-order valence-corrected chi connectivity index (χ0v) is 19.9. The molecule has 0 saturated heterocycles. The molecule has 1 N–H and O–H groups in total. The summed E-state index contributed by atoms with van der Waals surface area (Å²) < 4.78 is 37.9. The quantitative estimate of drug-likeness (QED) is 0.416. The zero-order chi connectivity index (χ0) is 23.9. The van der Waals surface area contributed by atoms with Crippen molar-refractivity contribution in [2.24, 2.45) is 0 Å². The number of anilines is 1. The molecule has 1 aliphatic carbocycles. The molecular formula is C25H24N4O4S. The topological polar surface area (TPSA) is 103 Å². The minimum Gasteiger partial charge on any atom is -0.491 e. The van der Waals surface area contributed by atoms with Crippen molar-refractivity contribution in [3.05, 3.63) is 60.7 Å².